The number of nitrogens with zero attached hydrogens (tertiary/aromatic N) is 2. The van der Waals surface area contributed by atoms with Crippen molar-refractivity contribution < 1.29 is 37.3 Å². The average molecular weight is 470 g/mol. The molecule has 10 heteroatoms. The van der Waals surface area contributed by atoms with Gasteiger partial charge in [-0.3, -0.25) is 9.78 Å². The molecule has 0 saturated carbocycles. The first-order valence-corrected chi connectivity index (χ1v) is 11.1. The minimum Gasteiger partial charge on any atom is -0.492 e. The van der Waals surface area contributed by atoms with E-state index in [9.17, 15) is 18.0 Å². The van der Waals surface area contributed by atoms with Gasteiger partial charge in [-0.1, -0.05) is 12.2 Å². The number of halogens is 3. The molecule has 2 saturated heterocycles. The molecule has 1 spiro atoms. The summed E-state index contributed by atoms with van der Waals surface area (Å²) in [6.45, 7) is 3.98. The van der Waals surface area contributed by atoms with Crippen molar-refractivity contribution in [3.05, 3.63) is 36.7 Å². The highest BCUT2D eigenvalue weighted by molar-refractivity contribution is 5.79. The fourth-order valence-corrected chi connectivity index (χ4v) is 4.64. The lowest BCUT2D eigenvalue weighted by Crippen LogP contribution is -2.51. The van der Waals surface area contributed by atoms with E-state index in [-0.39, 0.29) is 11.3 Å². The number of carbonyl (C=O) groups is 2. The van der Waals surface area contributed by atoms with Gasteiger partial charge in [-0.2, -0.15) is 13.2 Å². The summed E-state index contributed by atoms with van der Waals surface area (Å²) in [5, 5.41) is 7.12. The van der Waals surface area contributed by atoms with E-state index in [1.54, 1.807) is 12.4 Å². The third-order valence-electron chi connectivity index (χ3n) is 6.69. The Bertz CT molecular complexity index is 815. The molecule has 1 atom stereocenters. The Labute approximate surface area is 190 Å². The summed E-state index contributed by atoms with van der Waals surface area (Å²) < 4.78 is 43.5. The lowest BCUT2D eigenvalue weighted by molar-refractivity contribution is -0.192. The van der Waals surface area contributed by atoms with Gasteiger partial charge in [-0.05, 0) is 49.7 Å². The van der Waals surface area contributed by atoms with Crippen molar-refractivity contribution in [2.75, 3.05) is 32.9 Å². The SMILES string of the molecule is O=C(C1CC=CC1)N1CCC2(CCOCC2COc2cccnc2)CC1.O=C(O)C(F)(F)F. The van der Waals surface area contributed by atoms with Crippen LogP contribution in [0.1, 0.15) is 32.1 Å². The summed E-state index contributed by atoms with van der Waals surface area (Å²) in [7, 11) is 0. The molecular formula is C23H29F3N2O5. The van der Waals surface area contributed by atoms with Crippen molar-refractivity contribution in [3.63, 3.8) is 0 Å². The zero-order valence-corrected chi connectivity index (χ0v) is 18.3. The number of carboxylic acid groups (broad SMARTS) is 1. The first-order chi connectivity index (χ1) is 15.7. The van der Waals surface area contributed by atoms with Crippen LogP contribution in [0, 0.1) is 17.3 Å². The number of carbonyl (C=O) groups excluding carboxylic acids is 1. The summed E-state index contributed by atoms with van der Waals surface area (Å²) in [4.78, 5) is 27.8. The van der Waals surface area contributed by atoms with Crippen LogP contribution in [0.2, 0.25) is 0 Å². The molecule has 1 aromatic rings. The van der Waals surface area contributed by atoms with Crippen LogP contribution < -0.4 is 4.74 Å². The second-order valence-electron chi connectivity index (χ2n) is 8.65. The van der Waals surface area contributed by atoms with Crippen LogP contribution in [0.3, 0.4) is 0 Å². The van der Waals surface area contributed by atoms with Gasteiger partial charge in [0.15, 0.2) is 0 Å². The van der Waals surface area contributed by atoms with Crippen LogP contribution in [0.25, 0.3) is 0 Å². The topological polar surface area (TPSA) is 89.0 Å². The van der Waals surface area contributed by atoms with Crippen LogP contribution >= 0.6 is 0 Å². The second kappa shape index (κ2) is 11.0. The van der Waals surface area contributed by atoms with Crippen LogP contribution in [0.4, 0.5) is 13.2 Å². The second-order valence-corrected chi connectivity index (χ2v) is 8.65. The molecule has 2 fully saturated rings. The number of carboxylic acids is 1. The van der Waals surface area contributed by atoms with Crippen LogP contribution in [0.15, 0.2) is 36.7 Å². The normalized spacial score (nSPS) is 22.5. The Morgan fingerprint density at radius 1 is 1.21 bits per heavy atom. The molecule has 7 nitrogen and oxygen atoms in total. The monoisotopic (exact) mass is 470 g/mol. The van der Waals surface area contributed by atoms with Gasteiger partial charge in [0.1, 0.15) is 5.75 Å². The highest BCUT2D eigenvalue weighted by atomic mass is 19.4. The zero-order chi connectivity index (χ0) is 23.9. The summed E-state index contributed by atoms with van der Waals surface area (Å²) in [5.41, 5.74) is 0.241. The molecule has 0 aromatic carbocycles. The summed E-state index contributed by atoms with van der Waals surface area (Å²) in [6, 6.07) is 3.84. The van der Waals surface area contributed by atoms with E-state index in [0.717, 1.165) is 64.2 Å². The molecule has 0 radical (unpaired) electrons. The summed E-state index contributed by atoms with van der Waals surface area (Å²) in [5.74, 6) is -1.03. The highest BCUT2D eigenvalue weighted by Crippen LogP contribution is 2.45. The number of piperidine rings is 1. The Morgan fingerprint density at radius 2 is 1.88 bits per heavy atom. The standard InChI is InChI=1S/C21H28N2O3.C2HF3O2/c24-20(17-4-1-2-5-17)23-11-7-21(8-12-23)9-13-25-15-18(21)16-26-19-6-3-10-22-14-19;3-2(4,5)1(6)7/h1-3,6,10,14,17-18H,4-5,7-9,11-13,15-16H2;(H,6,7). The molecule has 1 aliphatic carbocycles. The van der Waals surface area contributed by atoms with Gasteiger partial charge in [-0.25, -0.2) is 4.79 Å². The zero-order valence-electron chi connectivity index (χ0n) is 18.3. The predicted molar refractivity (Wildman–Crippen MR) is 112 cm³/mol. The van der Waals surface area contributed by atoms with E-state index in [1.807, 2.05) is 12.1 Å². The van der Waals surface area contributed by atoms with Gasteiger partial charge >= 0.3 is 12.1 Å². The third kappa shape index (κ3) is 6.69. The summed E-state index contributed by atoms with van der Waals surface area (Å²) >= 11 is 0. The number of rotatable bonds is 4. The van der Waals surface area contributed by atoms with E-state index in [1.165, 1.54) is 0 Å². The molecular weight excluding hydrogens is 441 g/mol. The number of amides is 1. The number of likely N-dealkylation sites (tertiary alicyclic amines) is 1. The quantitative estimate of drug-likeness (QED) is 0.675. The minimum absolute atomic E-state index is 0.184. The smallest absolute Gasteiger partial charge is 0.490 e. The third-order valence-corrected chi connectivity index (χ3v) is 6.69. The van der Waals surface area contributed by atoms with Crippen molar-refractivity contribution in [3.8, 4) is 5.75 Å². The molecule has 1 unspecified atom stereocenters. The molecule has 2 aliphatic heterocycles. The number of pyridine rings is 1. The molecule has 3 heterocycles. The van der Waals surface area contributed by atoms with Gasteiger partial charge in [0.05, 0.1) is 19.4 Å². The number of ether oxygens (including phenoxy) is 2. The number of aliphatic carboxylic acids is 1. The van der Waals surface area contributed by atoms with E-state index in [2.05, 4.69) is 22.0 Å². The van der Waals surface area contributed by atoms with Crippen molar-refractivity contribution >= 4 is 11.9 Å². The number of hydrogen-bond donors (Lipinski definition) is 1. The first-order valence-electron chi connectivity index (χ1n) is 11.1. The van der Waals surface area contributed by atoms with Crippen LogP contribution in [-0.4, -0.2) is 66.0 Å². The maximum absolute atomic E-state index is 12.7. The fraction of sp³-hybridized carbons (Fsp3) is 0.609. The van der Waals surface area contributed by atoms with Crippen molar-refractivity contribution in [2.45, 2.75) is 38.3 Å². The van der Waals surface area contributed by atoms with Crippen molar-refractivity contribution in [1.82, 2.24) is 9.88 Å². The number of hydrogen-bond acceptors (Lipinski definition) is 5. The largest absolute Gasteiger partial charge is 0.492 e. The molecule has 182 valence electrons. The molecule has 1 N–H and O–H groups in total. The molecule has 1 amide bonds. The van der Waals surface area contributed by atoms with Crippen molar-refractivity contribution in [1.29, 1.82) is 0 Å². The van der Waals surface area contributed by atoms with Crippen LogP contribution in [-0.2, 0) is 14.3 Å². The van der Waals surface area contributed by atoms with E-state index in [4.69, 9.17) is 19.4 Å². The van der Waals surface area contributed by atoms with Gasteiger partial charge in [0.25, 0.3) is 0 Å². The molecule has 4 rings (SSSR count). The first kappa shape index (κ1) is 25.0. The van der Waals surface area contributed by atoms with E-state index < -0.39 is 12.1 Å². The molecule has 1 aromatic heterocycles. The summed E-state index contributed by atoms with van der Waals surface area (Å²) in [6.07, 6.45) is 7.72. The Kier molecular flexibility index (Phi) is 8.34. The Hall–Kier alpha value is -2.62. The molecule has 3 aliphatic rings. The molecule has 0 bridgehead atoms. The Balaban J connectivity index is 0.000000383. The maximum atomic E-state index is 12.7. The van der Waals surface area contributed by atoms with Crippen molar-refractivity contribution in [2.24, 2.45) is 17.3 Å². The van der Waals surface area contributed by atoms with Gasteiger partial charge in [0, 0.05) is 37.7 Å². The number of aromatic nitrogens is 1. The maximum Gasteiger partial charge on any atom is 0.490 e. The predicted octanol–water partition coefficient (Wildman–Crippen LogP) is 3.71. The minimum atomic E-state index is -5.08. The van der Waals surface area contributed by atoms with Crippen LogP contribution in [0.5, 0.6) is 5.75 Å². The van der Waals surface area contributed by atoms with E-state index >= 15 is 0 Å². The van der Waals surface area contributed by atoms with E-state index in [0.29, 0.717) is 18.4 Å². The molecule has 33 heavy (non-hydrogen) atoms. The Morgan fingerprint density at radius 3 is 2.45 bits per heavy atom. The average Bonchev–Trinajstić information content (AvgIpc) is 3.34. The number of alkyl halides is 3. The number of allylic oxidation sites excluding steroid dienone is 2. The highest BCUT2D eigenvalue weighted by Gasteiger charge is 2.45. The lowest BCUT2D eigenvalue weighted by atomic mass is 9.66. The van der Waals surface area contributed by atoms with Gasteiger partial charge in [-0.15, -0.1) is 0 Å². The van der Waals surface area contributed by atoms with Gasteiger partial charge < -0.3 is 19.5 Å². The lowest BCUT2D eigenvalue weighted by Gasteiger charge is -2.49. The van der Waals surface area contributed by atoms with Gasteiger partial charge in [0.2, 0.25) is 5.91 Å². The fourth-order valence-electron chi connectivity index (χ4n) is 4.64.